The Morgan fingerprint density at radius 2 is 1.09 bits per heavy atom. The van der Waals surface area contributed by atoms with Crippen LogP contribution in [0.15, 0.2) is 0 Å². The van der Waals surface area contributed by atoms with Gasteiger partial charge in [0.25, 0.3) is 0 Å². The van der Waals surface area contributed by atoms with Crippen molar-refractivity contribution in [1.29, 1.82) is 0 Å². The van der Waals surface area contributed by atoms with Gasteiger partial charge in [-0.15, -0.1) is 0 Å². The van der Waals surface area contributed by atoms with Crippen molar-refractivity contribution in [2.75, 3.05) is 0 Å². The molecule has 0 spiro atoms. The maximum Gasteiger partial charge on any atom is 0.135 e. The van der Waals surface area contributed by atoms with Crippen LogP contribution in [0.5, 0.6) is 0 Å². The number of carbonyl (C=O) groups excluding carboxylic acids is 1. The Labute approximate surface area is 142 Å². The largest absolute Gasteiger partial charge is 0.299 e. The Bertz CT molecular complexity index is 182. The number of hydrogen-bond acceptors (Lipinski definition) is 1. The van der Waals surface area contributed by atoms with E-state index in [0.717, 1.165) is 12.8 Å². The fraction of sp³-hybridized carbons (Fsp3) is 0.952. The molecule has 0 heterocycles. The molecule has 0 amide bonds. The molecular weight excluding hydrogens is 268 g/mol. The van der Waals surface area contributed by atoms with Gasteiger partial charge < -0.3 is 0 Å². The van der Waals surface area contributed by atoms with Crippen LogP contribution in [0.1, 0.15) is 120 Å². The van der Waals surface area contributed by atoms with Gasteiger partial charge in [-0.05, 0) is 12.3 Å². The van der Waals surface area contributed by atoms with Gasteiger partial charge in [0.05, 0.1) is 0 Å². The topological polar surface area (TPSA) is 17.1 Å². The highest BCUT2D eigenvalue weighted by molar-refractivity contribution is 5.82. The molecule has 22 heavy (non-hydrogen) atoms. The molecule has 0 radical (unpaired) electrons. The standard InChI is InChI=1S/C7H12O.2C6H14.C2H6/c1-5-3-4-7(8)6(5)2;2*1-3-5-6-4-2;1-2/h5-6H,3-4H2,1-2H3;2*3-6H2,1-2H3;1-2H3. The van der Waals surface area contributed by atoms with Gasteiger partial charge in [-0.3, -0.25) is 4.79 Å². The second kappa shape index (κ2) is 22.9. The molecule has 0 saturated heterocycles. The molecule has 1 saturated carbocycles. The zero-order valence-electron chi connectivity index (χ0n) is 17.1. The third-order valence-corrected chi connectivity index (χ3v) is 4.12. The summed E-state index contributed by atoms with van der Waals surface area (Å²) in [4.78, 5) is 10.8. The van der Waals surface area contributed by atoms with Crippen molar-refractivity contribution in [3.63, 3.8) is 0 Å². The highest BCUT2D eigenvalue weighted by atomic mass is 16.1. The normalized spacial score (nSPS) is 19.2. The van der Waals surface area contributed by atoms with Crippen LogP contribution in [-0.4, -0.2) is 5.78 Å². The van der Waals surface area contributed by atoms with E-state index in [1.54, 1.807) is 0 Å². The molecule has 0 aromatic carbocycles. The summed E-state index contributed by atoms with van der Waals surface area (Å²) in [6, 6.07) is 0. The van der Waals surface area contributed by atoms with Gasteiger partial charge in [-0.25, -0.2) is 0 Å². The first-order valence-electron chi connectivity index (χ1n) is 10.1. The maximum atomic E-state index is 10.8. The van der Waals surface area contributed by atoms with E-state index in [1.165, 1.54) is 51.4 Å². The molecule has 136 valence electrons. The van der Waals surface area contributed by atoms with Gasteiger partial charge in [-0.1, -0.05) is 107 Å². The molecule has 1 aliphatic carbocycles. The van der Waals surface area contributed by atoms with Crippen molar-refractivity contribution in [1.82, 2.24) is 0 Å². The number of carbonyl (C=O) groups is 1. The van der Waals surface area contributed by atoms with Crippen LogP contribution in [0.4, 0.5) is 0 Å². The van der Waals surface area contributed by atoms with Crippen LogP contribution in [0, 0.1) is 11.8 Å². The monoisotopic (exact) mass is 314 g/mol. The van der Waals surface area contributed by atoms with Crippen molar-refractivity contribution in [2.45, 2.75) is 120 Å². The lowest BCUT2D eigenvalue weighted by molar-refractivity contribution is -0.120. The second-order valence-corrected chi connectivity index (χ2v) is 6.19. The molecule has 2 atom stereocenters. The van der Waals surface area contributed by atoms with Crippen molar-refractivity contribution >= 4 is 5.78 Å². The summed E-state index contributed by atoms with van der Waals surface area (Å²) in [5.74, 6) is 1.44. The lowest BCUT2D eigenvalue weighted by Gasteiger charge is -2.03. The molecule has 0 N–H and O–H groups in total. The summed E-state index contributed by atoms with van der Waals surface area (Å²) in [5, 5.41) is 0. The van der Waals surface area contributed by atoms with E-state index >= 15 is 0 Å². The molecule has 1 rings (SSSR count). The smallest absolute Gasteiger partial charge is 0.135 e. The molecule has 0 bridgehead atoms. The highest BCUT2D eigenvalue weighted by Crippen LogP contribution is 2.26. The molecule has 1 heteroatoms. The number of rotatable bonds is 6. The Morgan fingerprint density at radius 3 is 1.18 bits per heavy atom. The van der Waals surface area contributed by atoms with Crippen LogP contribution >= 0.6 is 0 Å². The van der Waals surface area contributed by atoms with E-state index in [4.69, 9.17) is 0 Å². The van der Waals surface area contributed by atoms with Crippen LogP contribution in [0.25, 0.3) is 0 Å². The third-order valence-electron chi connectivity index (χ3n) is 4.12. The fourth-order valence-electron chi connectivity index (χ4n) is 2.16. The van der Waals surface area contributed by atoms with E-state index in [9.17, 15) is 4.79 Å². The first kappa shape index (κ1) is 26.6. The van der Waals surface area contributed by atoms with Crippen molar-refractivity contribution in [3.05, 3.63) is 0 Å². The van der Waals surface area contributed by atoms with Gasteiger partial charge in [0.1, 0.15) is 5.78 Å². The van der Waals surface area contributed by atoms with Crippen LogP contribution < -0.4 is 0 Å². The molecular formula is C21H46O. The minimum Gasteiger partial charge on any atom is -0.299 e. The quantitative estimate of drug-likeness (QED) is 0.457. The lowest BCUT2D eigenvalue weighted by Crippen LogP contribution is -2.06. The minimum absolute atomic E-state index is 0.343. The predicted molar refractivity (Wildman–Crippen MR) is 104 cm³/mol. The molecule has 1 aliphatic rings. The van der Waals surface area contributed by atoms with Gasteiger partial charge in [0.15, 0.2) is 0 Å². The maximum absolute atomic E-state index is 10.8. The number of hydrogen-bond donors (Lipinski definition) is 0. The van der Waals surface area contributed by atoms with Crippen molar-refractivity contribution < 1.29 is 4.79 Å². The Kier molecular flexibility index (Phi) is 27.7. The lowest BCUT2D eigenvalue weighted by atomic mass is 10.0. The first-order chi connectivity index (χ1) is 10.5. The van der Waals surface area contributed by atoms with Gasteiger partial charge >= 0.3 is 0 Å². The average molecular weight is 315 g/mol. The van der Waals surface area contributed by atoms with Gasteiger partial charge in [0.2, 0.25) is 0 Å². The van der Waals surface area contributed by atoms with Crippen LogP contribution in [-0.2, 0) is 4.79 Å². The minimum atomic E-state index is 0.343. The Hall–Kier alpha value is -0.330. The van der Waals surface area contributed by atoms with E-state index in [0.29, 0.717) is 17.6 Å². The summed E-state index contributed by atoms with van der Waals surface area (Å²) in [6.45, 7) is 17.1. The summed E-state index contributed by atoms with van der Waals surface area (Å²) < 4.78 is 0. The average Bonchev–Trinajstić information content (AvgIpc) is 2.85. The highest BCUT2D eigenvalue weighted by Gasteiger charge is 2.26. The van der Waals surface area contributed by atoms with E-state index in [-0.39, 0.29) is 0 Å². The van der Waals surface area contributed by atoms with Gasteiger partial charge in [-0.2, -0.15) is 0 Å². The Morgan fingerprint density at radius 1 is 0.773 bits per heavy atom. The number of Topliss-reactive ketones (excluding diaryl/α,β-unsaturated/α-hetero) is 1. The molecule has 0 aromatic heterocycles. The molecule has 1 fully saturated rings. The molecule has 0 aromatic rings. The molecule has 2 unspecified atom stereocenters. The Balaban J connectivity index is -0.000000237. The second-order valence-electron chi connectivity index (χ2n) is 6.19. The third kappa shape index (κ3) is 19.7. The van der Waals surface area contributed by atoms with E-state index in [2.05, 4.69) is 34.6 Å². The van der Waals surface area contributed by atoms with E-state index in [1.807, 2.05) is 20.8 Å². The zero-order chi connectivity index (χ0) is 17.8. The van der Waals surface area contributed by atoms with Gasteiger partial charge in [0, 0.05) is 12.3 Å². The first-order valence-corrected chi connectivity index (χ1v) is 10.1. The fourth-order valence-corrected chi connectivity index (χ4v) is 2.16. The molecule has 1 nitrogen and oxygen atoms in total. The summed E-state index contributed by atoms with van der Waals surface area (Å²) >= 11 is 0. The van der Waals surface area contributed by atoms with Crippen molar-refractivity contribution in [2.24, 2.45) is 11.8 Å². The van der Waals surface area contributed by atoms with Crippen molar-refractivity contribution in [3.8, 4) is 0 Å². The number of ketones is 1. The SMILES string of the molecule is CC.CC1CCC(=O)C1C.CCCCCC.CCCCCC. The summed E-state index contributed by atoms with van der Waals surface area (Å²) in [5.41, 5.74) is 0. The predicted octanol–water partition coefficient (Wildman–Crippen LogP) is 7.82. The van der Waals surface area contributed by atoms with Crippen LogP contribution in [0.3, 0.4) is 0 Å². The van der Waals surface area contributed by atoms with Crippen LogP contribution in [0.2, 0.25) is 0 Å². The number of unbranched alkanes of at least 4 members (excludes halogenated alkanes) is 6. The summed E-state index contributed by atoms with van der Waals surface area (Å²) in [6.07, 6.45) is 13.0. The zero-order valence-corrected chi connectivity index (χ0v) is 17.1. The summed E-state index contributed by atoms with van der Waals surface area (Å²) in [7, 11) is 0. The molecule has 0 aliphatic heterocycles. The van der Waals surface area contributed by atoms with E-state index < -0.39 is 0 Å².